The number of benzene rings is 3. The highest BCUT2D eigenvalue weighted by Crippen LogP contribution is 2.21. The van der Waals surface area contributed by atoms with E-state index in [1.165, 1.54) is 11.8 Å². The van der Waals surface area contributed by atoms with Crippen molar-refractivity contribution in [3.05, 3.63) is 88.4 Å². The molecular formula is C26H25ClN4O4. The Labute approximate surface area is 208 Å². The van der Waals surface area contributed by atoms with Gasteiger partial charge in [0, 0.05) is 22.0 Å². The van der Waals surface area contributed by atoms with Crippen LogP contribution in [0.5, 0.6) is 5.75 Å². The highest BCUT2D eigenvalue weighted by molar-refractivity contribution is 6.39. The average molecular weight is 493 g/mol. The molecule has 3 N–H and O–H groups in total. The summed E-state index contributed by atoms with van der Waals surface area (Å²) < 4.78 is 5.61. The molecule has 0 saturated carbocycles. The largest absolute Gasteiger partial charge is 0.483 e. The molecule has 0 heterocycles. The standard InChI is InChI=1S/C26H25ClN4O4/c1-3-18-7-10-21(11-8-18)29-24(32)16-35-23-12-9-20(27)14-19(23)15-28-31-26(34)25(33)30-22-6-4-5-17(2)13-22/h4-15H,3,16H2,1-2H3,(H,29,32)(H,30,33)(H,31,34)/b28-15-. The van der Waals surface area contributed by atoms with E-state index in [0.717, 1.165) is 12.0 Å². The number of carbonyl (C=O) groups is 3. The van der Waals surface area contributed by atoms with E-state index in [-0.39, 0.29) is 12.5 Å². The van der Waals surface area contributed by atoms with Crippen molar-refractivity contribution in [2.45, 2.75) is 20.3 Å². The van der Waals surface area contributed by atoms with Crippen molar-refractivity contribution < 1.29 is 19.1 Å². The molecule has 0 bridgehead atoms. The Balaban J connectivity index is 1.56. The molecule has 0 aliphatic heterocycles. The van der Waals surface area contributed by atoms with Crippen LogP contribution in [0.25, 0.3) is 0 Å². The number of anilines is 2. The van der Waals surface area contributed by atoms with Crippen LogP contribution in [0.1, 0.15) is 23.6 Å². The minimum absolute atomic E-state index is 0.247. The summed E-state index contributed by atoms with van der Waals surface area (Å²) in [6.45, 7) is 3.68. The summed E-state index contributed by atoms with van der Waals surface area (Å²) in [4.78, 5) is 36.4. The van der Waals surface area contributed by atoms with Crippen molar-refractivity contribution in [3.63, 3.8) is 0 Å². The third-order valence-electron chi connectivity index (χ3n) is 4.83. The Morgan fingerprint density at radius 3 is 2.43 bits per heavy atom. The van der Waals surface area contributed by atoms with Gasteiger partial charge in [-0.1, -0.05) is 42.8 Å². The number of carbonyl (C=O) groups excluding carboxylic acids is 3. The molecule has 3 amide bonds. The minimum atomic E-state index is -0.944. The van der Waals surface area contributed by atoms with Crippen molar-refractivity contribution in [2.24, 2.45) is 5.10 Å². The lowest BCUT2D eigenvalue weighted by Crippen LogP contribution is -2.32. The Bertz CT molecular complexity index is 1240. The first kappa shape index (κ1) is 25.5. The van der Waals surface area contributed by atoms with Gasteiger partial charge in [-0.15, -0.1) is 0 Å². The van der Waals surface area contributed by atoms with Crippen LogP contribution in [0.2, 0.25) is 5.02 Å². The smallest absolute Gasteiger partial charge is 0.329 e. The summed E-state index contributed by atoms with van der Waals surface area (Å²) in [5.74, 6) is -1.82. The zero-order valence-electron chi connectivity index (χ0n) is 19.3. The van der Waals surface area contributed by atoms with E-state index in [0.29, 0.717) is 27.7 Å². The zero-order valence-corrected chi connectivity index (χ0v) is 20.1. The highest BCUT2D eigenvalue weighted by atomic mass is 35.5. The van der Waals surface area contributed by atoms with E-state index in [1.807, 2.05) is 37.3 Å². The number of hydrazone groups is 1. The van der Waals surface area contributed by atoms with Gasteiger partial charge in [0.25, 0.3) is 5.91 Å². The molecule has 0 aromatic heterocycles. The number of halogens is 1. The lowest BCUT2D eigenvalue weighted by Gasteiger charge is -2.10. The van der Waals surface area contributed by atoms with Crippen LogP contribution in [0.15, 0.2) is 71.8 Å². The maximum absolute atomic E-state index is 12.3. The molecule has 0 aliphatic carbocycles. The molecule has 0 aliphatic rings. The van der Waals surface area contributed by atoms with Crippen LogP contribution in [0.3, 0.4) is 0 Å². The second kappa shape index (κ2) is 12.3. The van der Waals surface area contributed by atoms with Crippen molar-refractivity contribution in [3.8, 4) is 5.75 Å². The van der Waals surface area contributed by atoms with E-state index in [9.17, 15) is 14.4 Å². The first-order valence-corrected chi connectivity index (χ1v) is 11.2. The number of hydrogen-bond acceptors (Lipinski definition) is 5. The third-order valence-corrected chi connectivity index (χ3v) is 5.06. The van der Waals surface area contributed by atoms with Crippen molar-refractivity contribution in [1.29, 1.82) is 0 Å². The Morgan fingerprint density at radius 1 is 0.943 bits per heavy atom. The molecule has 3 aromatic rings. The van der Waals surface area contributed by atoms with Crippen LogP contribution in [0.4, 0.5) is 11.4 Å². The summed E-state index contributed by atoms with van der Waals surface area (Å²) in [5.41, 5.74) is 5.85. The second-order valence-electron chi connectivity index (χ2n) is 7.59. The van der Waals surface area contributed by atoms with Gasteiger partial charge in [-0.2, -0.15) is 5.10 Å². The third kappa shape index (κ3) is 7.97. The normalized spacial score (nSPS) is 10.6. The molecule has 9 heteroatoms. The van der Waals surface area contributed by atoms with Crippen LogP contribution in [-0.2, 0) is 20.8 Å². The number of hydrogen-bond donors (Lipinski definition) is 3. The van der Waals surface area contributed by atoms with Gasteiger partial charge in [0.1, 0.15) is 5.75 Å². The van der Waals surface area contributed by atoms with Gasteiger partial charge in [-0.3, -0.25) is 14.4 Å². The summed E-state index contributed by atoms with van der Waals surface area (Å²) in [6, 6.07) is 19.3. The van der Waals surface area contributed by atoms with Crippen molar-refractivity contribution in [2.75, 3.05) is 17.2 Å². The van der Waals surface area contributed by atoms with Gasteiger partial charge in [0.15, 0.2) is 6.61 Å². The van der Waals surface area contributed by atoms with Gasteiger partial charge in [-0.25, -0.2) is 5.43 Å². The monoisotopic (exact) mass is 492 g/mol. The van der Waals surface area contributed by atoms with Gasteiger partial charge in [-0.05, 0) is 66.9 Å². The number of nitrogens with one attached hydrogen (secondary N) is 3. The maximum atomic E-state index is 12.3. The molecule has 0 saturated heterocycles. The fraction of sp³-hybridized carbons (Fsp3) is 0.154. The highest BCUT2D eigenvalue weighted by Gasteiger charge is 2.13. The fourth-order valence-corrected chi connectivity index (χ4v) is 3.22. The molecule has 35 heavy (non-hydrogen) atoms. The lowest BCUT2D eigenvalue weighted by atomic mass is 10.1. The summed E-state index contributed by atoms with van der Waals surface area (Å²) in [7, 11) is 0. The van der Waals surface area contributed by atoms with Crippen molar-refractivity contribution >= 4 is 46.9 Å². The maximum Gasteiger partial charge on any atom is 0.329 e. The Morgan fingerprint density at radius 2 is 1.71 bits per heavy atom. The molecule has 0 fully saturated rings. The number of aryl methyl sites for hydroxylation is 2. The zero-order chi connectivity index (χ0) is 25.2. The number of nitrogens with zero attached hydrogens (tertiary/aromatic N) is 1. The number of amides is 3. The topological polar surface area (TPSA) is 109 Å². The minimum Gasteiger partial charge on any atom is -0.483 e. The van der Waals surface area contributed by atoms with E-state index in [2.05, 4.69) is 28.1 Å². The van der Waals surface area contributed by atoms with Gasteiger partial charge >= 0.3 is 11.8 Å². The van der Waals surface area contributed by atoms with Crippen LogP contribution in [-0.4, -0.2) is 30.5 Å². The molecule has 0 spiro atoms. The summed E-state index contributed by atoms with van der Waals surface area (Å²) in [6.07, 6.45) is 2.19. The quantitative estimate of drug-likeness (QED) is 0.247. The van der Waals surface area contributed by atoms with E-state index in [1.54, 1.807) is 36.4 Å². The molecule has 0 radical (unpaired) electrons. The molecule has 3 rings (SSSR count). The van der Waals surface area contributed by atoms with Crippen LogP contribution < -0.4 is 20.8 Å². The van der Waals surface area contributed by atoms with E-state index >= 15 is 0 Å². The molecule has 8 nitrogen and oxygen atoms in total. The molecule has 3 aromatic carbocycles. The first-order chi connectivity index (χ1) is 16.8. The Kier molecular flexibility index (Phi) is 8.97. The van der Waals surface area contributed by atoms with Crippen LogP contribution >= 0.6 is 11.6 Å². The summed E-state index contributed by atoms with van der Waals surface area (Å²) in [5, 5.41) is 9.47. The first-order valence-electron chi connectivity index (χ1n) is 10.9. The number of ether oxygens (including phenoxy) is 1. The molecule has 0 atom stereocenters. The molecular weight excluding hydrogens is 468 g/mol. The second-order valence-corrected chi connectivity index (χ2v) is 8.03. The van der Waals surface area contributed by atoms with E-state index in [4.69, 9.17) is 16.3 Å². The molecule has 0 unspecified atom stereocenters. The summed E-state index contributed by atoms with van der Waals surface area (Å²) >= 11 is 6.06. The predicted octanol–water partition coefficient (Wildman–Crippen LogP) is 4.32. The SMILES string of the molecule is CCc1ccc(NC(=O)COc2ccc(Cl)cc2/C=N\NC(=O)C(=O)Nc2cccc(C)c2)cc1. The van der Waals surface area contributed by atoms with Gasteiger partial charge in [0.2, 0.25) is 0 Å². The fourth-order valence-electron chi connectivity index (χ4n) is 3.04. The van der Waals surface area contributed by atoms with Gasteiger partial charge in [0.05, 0.1) is 6.21 Å². The van der Waals surface area contributed by atoms with Gasteiger partial charge < -0.3 is 15.4 Å². The Hall–Kier alpha value is -4.17. The lowest BCUT2D eigenvalue weighted by molar-refractivity contribution is -0.136. The van der Waals surface area contributed by atoms with Crippen LogP contribution in [0, 0.1) is 6.92 Å². The number of rotatable bonds is 8. The van der Waals surface area contributed by atoms with Crippen molar-refractivity contribution in [1.82, 2.24) is 5.43 Å². The molecule has 180 valence electrons. The van der Waals surface area contributed by atoms with E-state index < -0.39 is 11.8 Å². The average Bonchev–Trinajstić information content (AvgIpc) is 2.84. The predicted molar refractivity (Wildman–Crippen MR) is 137 cm³/mol.